The fraction of sp³-hybridized carbons (Fsp3) is 1.00. The van der Waals surface area contributed by atoms with Crippen molar-refractivity contribution in [2.75, 3.05) is 32.1 Å². The van der Waals surface area contributed by atoms with Gasteiger partial charge in [-0.1, -0.05) is 19.3 Å². The molecule has 1 saturated carbocycles. The van der Waals surface area contributed by atoms with Gasteiger partial charge >= 0.3 is 0 Å². The van der Waals surface area contributed by atoms with Crippen molar-refractivity contribution in [2.45, 2.75) is 37.6 Å². The van der Waals surface area contributed by atoms with Crippen LogP contribution in [0.1, 0.15) is 32.1 Å². The Morgan fingerprint density at radius 3 is 2.43 bits per heavy atom. The van der Waals surface area contributed by atoms with Crippen molar-refractivity contribution >= 4 is 11.8 Å². The molecular formula is C11H24N2S. The Kier molecular flexibility index (Phi) is 5.28. The summed E-state index contributed by atoms with van der Waals surface area (Å²) in [6, 6.07) is 0. The summed E-state index contributed by atoms with van der Waals surface area (Å²) in [6.45, 7) is 2.01. The van der Waals surface area contributed by atoms with Gasteiger partial charge in [0.25, 0.3) is 0 Å². The Hall–Kier alpha value is 0.270. The topological polar surface area (TPSA) is 29.3 Å². The first-order valence-electron chi connectivity index (χ1n) is 5.65. The van der Waals surface area contributed by atoms with Gasteiger partial charge in [0.2, 0.25) is 0 Å². The van der Waals surface area contributed by atoms with Crippen LogP contribution in [0.2, 0.25) is 0 Å². The zero-order valence-electron chi connectivity index (χ0n) is 9.59. The third kappa shape index (κ3) is 2.88. The molecule has 14 heavy (non-hydrogen) atoms. The Morgan fingerprint density at radius 2 is 1.93 bits per heavy atom. The number of nitrogens with two attached hydrogens (primary N) is 1. The lowest BCUT2D eigenvalue weighted by molar-refractivity contribution is 0.0892. The summed E-state index contributed by atoms with van der Waals surface area (Å²) in [5, 5.41) is 0. The maximum atomic E-state index is 5.96. The second-order valence-corrected chi connectivity index (χ2v) is 5.39. The van der Waals surface area contributed by atoms with E-state index in [2.05, 4.69) is 18.2 Å². The predicted octanol–water partition coefficient (Wildman–Crippen LogP) is 1.94. The van der Waals surface area contributed by atoms with Crippen LogP contribution in [0.25, 0.3) is 0 Å². The first-order valence-corrected chi connectivity index (χ1v) is 7.05. The van der Waals surface area contributed by atoms with E-state index in [0.717, 1.165) is 6.54 Å². The van der Waals surface area contributed by atoms with Crippen LogP contribution in [0.15, 0.2) is 0 Å². The highest BCUT2D eigenvalue weighted by Gasteiger charge is 2.33. The second kappa shape index (κ2) is 5.99. The molecule has 1 fully saturated rings. The van der Waals surface area contributed by atoms with E-state index in [-0.39, 0.29) is 0 Å². The quantitative estimate of drug-likeness (QED) is 0.761. The fourth-order valence-corrected chi connectivity index (χ4v) is 2.87. The SMILES string of the molecule is CSCCN(C)C1(CN)CCCCC1. The maximum Gasteiger partial charge on any atom is 0.0329 e. The average molecular weight is 216 g/mol. The number of hydrogen-bond acceptors (Lipinski definition) is 3. The second-order valence-electron chi connectivity index (χ2n) is 4.40. The summed E-state index contributed by atoms with van der Waals surface area (Å²) in [7, 11) is 2.24. The van der Waals surface area contributed by atoms with Crippen molar-refractivity contribution in [2.24, 2.45) is 5.73 Å². The van der Waals surface area contributed by atoms with E-state index < -0.39 is 0 Å². The minimum Gasteiger partial charge on any atom is -0.329 e. The van der Waals surface area contributed by atoms with Crippen LogP contribution in [0.4, 0.5) is 0 Å². The molecule has 0 atom stereocenters. The largest absolute Gasteiger partial charge is 0.329 e. The van der Waals surface area contributed by atoms with Gasteiger partial charge in [0.05, 0.1) is 0 Å². The lowest BCUT2D eigenvalue weighted by Crippen LogP contribution is -2.53. The number of nitrogens with zero attached hydrogens (tertiary/aromatic N) is 1. The van der Waals surface area contributed by atoms with Crippen LogP contribution in [0.3, 0.4) is 0 Å². The van der Waals surface area contributed by atoms with E-state index in [9.17, 15) is 0 Å². The minimum absolute atomic E-state index is 0.327. The molecule has 2 N–H and O–H groups in total. The molecule has 0 spiro atoms. The van der Waals surface area contributed by atoms with Crippen LogP contribution >= 0.6 is 11.8 Å². The summed E-state index contributed by atoms with van der Waals surface area (Å²) in [4.78, 5) is 2.50. The van der Waals surface area contributed by atoms with Crippen LogP contribution in [0.5, 0.6) is 0 Å². The molecule has 0 aliphatic heterocycles. The highest BCUT2D eigenvalue weighted by molar-refractivity contribution is 7.98. The zero-order chi connectivity index (χ0) is 10.4. The molecule has 0 bridgehead atoms. The maximum absolute atomic E-state index is 5.96. The predicted molar refractivity (Wildman–Crippen MR) is 65.9 cm³/mol. The Balaban J connectivity index is 2.48. The molecule has 0 aromatic rings. The summed E-state index contributed by atoms with van der Waals surface area (Å²) in [5.41, 5.74) is 6.29. The van der Waals surface area contributed by atoms with Gasteiger partial charge < -0.3 is 5.73 Å². The number of likely N-dealkylation sites (N-methyl/N-ethyl adjacent to an activating group) is 1. The van der Waals surface area contributed by atoms with Gasteiger partial charge in [0, 0.05) is 24.4 Å². The lowest BCUT2D eigenvalue weighted by Gasteiger charge is -2.44. The van der Waals surface area contributed by atoms with Crippen molar-refractivity contribution in [1.82, 2.24) is 4.90 Å². The van der Waals surface area contributed by atoms with Gasteiger partial charge in [-0.15, -0.1) is 0 Å². The molecule has 0 aromatic heterocycles. The number of thioether (sulfide) groups is 1. The monoisotopic (exact) mass is 216 g/mol. The van der Waals surface area contributed by atoms with Crippen molar-refractivity contribution in [1.29, 1.82) is 0 Å². The molecule has 3 heteroatoms. The first kappa shape index (κ1) is 12.3. The van der Waals surface area contributed by atoms with Crippen LogP contribution in [0, 0.1) is 0 Å². The van der Waals surface area contributed by atoms with E-state index in [1.807, 2.05) is 11.8 Å². The summed E-state index contributed by atoms with van der Waals surface area (Å²) >= 11 is 1.92. The highest BCUT2D eigenvalue weighted by Crippen LogP contribution is 2.31. The van der Waals surface area contributed by atoms with E-state index in [0.29, 0.717) is 5.54 Å². The van der Waals surface area contributed by atoms with Crippen LogP contribution < -0.4 is 5.73 Å². The molecule has 0 heterocycles. The third-order valence-electron chi connectivity index (χ3n) is 3.60. The van der Waals surface area contributed by atoms with Gasteiger partial charge in [-0.3, -0.25) is 4.90 Å². The Bertz CT molecular complexity index is 155. The van der Waals surface area contributed by atoms with Gasteiger partial charge in [-0.2, -0.15) is 11.8 Å². The van der Waals surface area contributed by atoms with Crippen molar-refractivity contribution in [3.05, 3.63) is 0 Å². The molecule has 0 aromatic carbocycles. The van der Waals surface area contributed by atoms with Crippen molar-refractivity contribution in [3.8, 4) is 0 Å². The van der Waals surface area contributed by atoms with E-state index >= 15 is 0 Å². The van der Waals surface area contributed by atoms with Crippen molar-refractivity contribution in [3.63, 3.8) is 0 Å². The number of rotatable bonds is 5. The smallest absolute Gasteiger partial charge is 0.0329 e. The van der Waals surface area contributed by atoms with Gasteiger partial charge in [0.1, 0.15) is 0 Å². The molecular weight excluding hydrogens is 192 g/mol. The molecule has 2 nitrogen and oxygen atoms in total. The third-order valence-corrected chi connectivity index (χ3v) is 4.20. The van der Waals surface area contributed by atoms with Crippen LogP contribution in [-0.2, 0) is 0 Å². The molecule has 0 unspecified atom stereocenters. The average Bonchev–Trinajstić information content (AvgIpc) is 2.26. The minimum atomic E-state index is 0.327. The normalized spacial score (nSPS) is 21.4. The van der Waals surface area contributed by atoms with E-state index in [4.69, 9.17) is 5.73 Å². The van der Waals surface area contributed by atoms with Crippen molar-refractivity contribution < 1.29 is 0 Å². The van der Waals surface area contributed by atoms with Gasteiger partial charge in [-0.05, 0) is 26.1 Å². The first-order chi connectivity index (χ1) is 6.75. The van der Waals surface area contributed by atoms with E-state index in [1.54, 1.807) is 0 Å². The van der Waals surface area contributed by atoms with Crippen LogP contribution in [-0.4, -0.2) is 42.6 Å². The summed E-state index contributed by atoms with van der Waals surface area (Å²) < 4.78 is 0. The molecule has 0 saturated heterocycles. The molecule has 0 amide bonds. The van der Waals surface area contributed by atoms with E-state index in [1.165, 1.54) is 44.4 Å². The zero-order valence-corrected chi connectivity index (χ0v) is 10.4. The lowest BCUT2D eigenvalue weighted by atomic mass is 9.80. The molecule has 84 valence electrons. The molecule has 1 aliphatic rings. The molecule has 0 radical (unpaired) electrons. The highest BCUT2D eigenvalue weighted by atomic mass is 32.2. The standard InChI is InChI=1S/C11H24N2S/c1-13(8-9-14-2)11(10-12)6-4-3-5-7-11/h3-10,12H2,1-2H3. The summed E-state index contributed by atoms with van der Waals surface area (Å²) in [5.74, 6) is 1.22. The fourth-order valence-electron chi connectivity index (χ4n) is 2.42. The molecule has 1 aliphatic carbocycles. The Labute approximate surface area is 92.6 Å². The van der Waals surface area contributed by atoms with Gasteiger partial charge in [0.15, 0.2) is 0 Å². The molecule has 1 rings (SSSR count). The number of hydrogen-bond donors (Lipinski definition) is 1. The van der Waals surface area contributed by atoms with Gasteiger partial charge in [-0.25, -0.2) is 0 Å². The summed E-state index contributed by atoms with van der Waals surface area (Å²) in [6.07, 6.45) is 8.90. The Morgan fingerprint density at radius 1 is 1.29 bits per heavy atom.